The van der Waals surface area contributed by atoms with Crippen molar-refractivity contribution in [3.05, 3.63) is 100 Å². The first-order chi connectivity index (χ1) is 18.1. The molecule has 38 heavy (non-hydrogen) atoms. The van der Waals surface area contributed by atoms with Crippen LogP contribution in [-0.4, -0.2) is 37.6 Å². The van der Waals surface area contributed by atoms with Gasteiger partial charge < -0.3 is 19.4 Å². The summed E-state index contributed by atoms with van der Waals surface area (Å²) < 4.78 is 18.4. The van der Waals surface area contributed by atoms with Crippen LogP contribution in [0.4, 0.5) is 4.79 Å². The molecule has 5 nitrogen and oxygen atoms in total. The minimum Gasteiger partial charge on any atom is -0.449 e. The quantitative estimate of drug-likeness (QED) is 0.369. The van der Waals surface area contributed by atoms with Gasteiger partial charge in [-0.2, -0.15) is 0 Å². The van der Waals surface area contributed by atoms with Crippen LogP contribution in [0.5, 0.6) is 0 Å². The van der Waals surface area contributed by atoms with Crippen molar-refractivity contribution < 1.29 is 18.8 Å². The first kappa shape index (κ1) is 26.3. The molecule has 0 unspecified atom stereocenters. The van der Waals surface area contributed by atoms with Gasteiger partial charge in [0.15, 0.2) is 0 Å². The number of carbonyl (C=O) groups excluding carboxylic acids is 1. The molecule has 0 spiro atoms. The summed E-state index contributed by atoms with van der Waals surface area (Å²) in [4.78, 5) is 12.9. The molecule has 3 aromatic carbocycles. The lowest BCUT2D eigenvalue weighted by Gasteiger charge is -2.32. The topological polar surface area (TPSA) is 56.8 Å². The number of alkyl carbamates (subject to hydrolysis) is 1. The maximum absolute atomic E-state index is 12.9. The molecule has 3 aromatic rings. The van der Waals surface area contributed by atoms with Crippen molar-refractivity contribution in [3.63, 3.8) is 0 Å². The van der Waals surface area contributed by atoms with Crippen molar-refractivity contribution in [2.24, 2.45) is 0 Å². The summed E-state index contributed by atoms with van der Waals surface area (Å²) in [6, 6.07) is 22.9. The Kier molecular flexibility index (Phi) is 6.97. The van der Waals surface area contributed by atoms with E-state index in [0.717, 1.165) is 11.0 Å². The summed E-state index contributed by atoms with van der Waals surface area (Å²) >= 11 is 0. The van der Waals surface area contributed by atoms with Gasteiger partial charge in [0.05, 0.1) is 11.2 Å². The molecule has 0 saturated carbocycles. The van der Waals surface area contributed by atoms with Crippen molar-refractivity contribution in [3.8, 4) is 11.1 Å². The predicted octanol–water partition coefficient (Wildman–Crippen LogP) is 6.86. The summed E-state index contributed by atoms with van der Waals surface area (Å²) in [5, 5.41) is 2.94. The fourth-order valence-electron chi connectivity index (χ4n) is 5.09. The van der Waals surface area contributed by atoms with Gasteiger partial charge in [0, 0.05) is 12.5 Å². The van der Waals surface area contributed by atoms with Gasteiger partial charge in [-0.05, 0) is 86.0 Å². The van der Waals surface area contributed by atoms with Crippen LogP contribution < -0.4 is 5.32 Å². The van der Waals surface area contributed by atoms with Crippen LogP contribution in [0.1, 0.15) is 61.4 Å². The van der Waals surface area contributed by atoms with Gasteiger partial charge in [-0.25, -0.2) is 4.79 Å². The summed E-state index contributed by atoms with van der Waals surface area (Å²) in [6.07, 6.45) is 1.58. The number of amides is 1. The molecular formula is C32H36BNO4. The zero-order chi connectivity index (χ0) is 27.1. The maximum atomic E-state index is 12.9. The van der Waals surface area contributed by atoms with Gasteiger partial charge in [-0.3, -0.25) is 0 Å². The molecule has 0 radical (unpaired) electrons. The highest BCUT2D eigenvalue weighted by Gasteiger charge is 2.52. The molecule has 1 saturated heterocycles. The van der Waals surface area contributed by atoms with Crippen molar-refractivity contribution in [2.75, 3.05) is 13.2 Å². The lowest BCUT2D eigenvalue weighted by Crippen LogP contribution is -2.41. The van der Waals surface area contributed by atoms with E-state index in [1.807, 2.05) is 58.0 Å². The Balaban J connectivity index is 1.30. The number of rotatable bonds is 6. The molecule has 1 amide bonds. The van der Waals surface area contributed by atoms with E-state index in [1.54, 1.807) is 0 Å². The molecular weight excluding hydrogens is 473 g/mol. The Bertz CT molecular complexity index is 1330. The van der Waals surface area contributed by atoms with E-state index in [-0.39, 0.29) is 19.1 Å². The molecule has 0 aromatic heterocycles. The van der Waals surface area contributed by atoms with E-state index >= 15 is 0 Å². The first-order valence-electron chi connectivity index (χ1n) is 13.3. The number of aryl methyl sites for hydroxylation is 2. The number of benzene rings is 3. The third kappa shape index (κ3) is 5.03. The highest BCUT2D eigenvalue weighted by Crippen LogP contribution is 2.44. The second-order valence-corrected chi connectivity index (χ2v) is 11.3. The first-order valence-corrected chi connectivity index (χ1v) is 13.3. The molecule has 0 atom stereocenters. The standard InChI is InChI=1S/C32H36BNO4/c1-21-15-16-23(17-22(21)2)18-24(33-37-31(3,4)32(5,6)38-33)19-34-30(35)36-20-29-27-13-9-7-11-25(27)26-12-8-10-14-28(26)29/h7-18,29H,19-20H2,1-6H3,(H,34,35). The monoisotopic (exact) mass is 509 g/mol. The molecule has 6 heteroatoms. The van der Waals surface area contributed by atoms with Gasteiger partial charge in [0.2, 0.25) is 0 Å². The van der Waals surface area contributed by atoms with Crippen LogP contribution in [0.15, 0.2) is 72.2 Å². The van der Waals surface area contributed by atoms with E-state index in [2.05, 4.69) is 61.6 Å². The summed E-state index contributed by atoms with van der Waals surface area (Å²) in [7, 11) is -0.574. The van der Waals surface area contributed by atoms with Crippen LogP contribution in [0.3, 0.4) is 0 Å². The van der Waals surface area contributed by atoms with Gasteiger partial charge in [0.1, 0.15) is 6.61 Å². The third-order valence-electron chi connectivity index (χ3n) is 8.22. The number of nitrogens with one attached hydrogen (secondary N) is 1. The summed E-state index contributed by atoms with van der Waals surface area (Å²) in [5.74, 6) is 0.0155. The lowest BCUT2D eigenvalue weighted by molar-refractivity contribution is 0.00578. The Labute approximate surface area is 226 Å². The molecule has 196 valence electrons. The second kappa shape index (κ2) is 10.1. The second-order valence-electron chi connectivity index (χ2n) is 11.3. The molecule has 5 rings (SSSR count). The number of hydrogen-bond acceptors (Lipinski definition) is 4. The normalized spacial score (nSPS) is 17.7. The van der Waals surface area contributed by atoms with Gasteiger partial charge in [-0.15, -0.1) is 0 Å². The highest BCUT2D eigenvalue weighted by atomic mass is 16.7. The van der Waals surface area contributed by atoms with E-state index in [4.69, 9.17) is 14.0 Å². The highest BCUT2D eigenvalue weighted by molar-refractivity contribution is 6.56. The van der Waals surface area contributed by atoms with E-state index in [1.165, 1.54) is 33.4 Å². The number of ether oxygens (including phenoxy) is 1. The van der Waals surface area contributed by atoms with Crippen molar-refractivity contribution in [1.29, 1.82) is 0 Å². The Morgan fingerprint density at radius 3 is 2.05 bits per heavy atom. The average Bonchev–Trinajstić information content (AvgIpc) is 3.31. The minimum absolute atomic E-state index is 0.0155. The van der Waals surface area contributed by atoms with Crippen molar-refractivity contribution in [1.82, 2.24) is 5.32 Å². The Hall–Kier alpha value is -3.35. The smallest absolute Gasteiger partial charge is 0.449 e. The number of fused-ring (bicyclic) bond motifs is 3. The van der Waals surface area contributed by atoms with Crippen LogP contribution in [0.2, 0.25) is 0 Å². The van der Waals surface area contributed by atoms with Crippen LogP contribution in [0, 0.1) is 13.8 Å². The van der Waals surface area contributed by atoms with E-state index in [0.29, 0.717) is 0 Å². The van der Waals surface area contributed by atoms with Crippen LogP contribution in [0.25, 0.3) is 17.2 Å². The van der Waals surface area contributed by atoms with Crippen molar-refractivity contribution >= 4 is 19.3 Å². The van der Waals surface area contributed by atoms with Gasteiger partial charge in [0.25, 0.3) is 0 Å². The largest absolute Gasteiger partial charge is 0.492 e. The molecule has 1 fully saturated rings. The fraction of sp³-hybridized carbons (Fsp3) is 0.344. The predicted molar refractivity (Wildman–Crippen MR) is 153 cm³/mol. The molecule has 2 aliphatic rings. The van der Waals surface area contributed by atoms with Gasteiger partial charge in [-0.1, -0.05) is 72.8 Å². The maximum Gasteiger partial charge on any atom is 0.492 e. The average molecular weight is 509 g/mol. The molecule has 1 heterocycles. The van der Waals surface area contributed by atoms with Crippen LogP contribution in [-0.2, 0) is 14.0 Å². The zero-order valence-electron chi connectivity index (χ0n) is 23.1. The van der Waals surface area contributed by atoms with E-state index in [9.17, 15) is 4.79 Å². The zero-order valence-corrected chi connectivity index (χ0v) is 23.1. The third-order valence-corrected chi connectivity index (χ3v) is 8.22. The SMILES string of the molecule is Cc1ccc(C=C(CNC(=O)OCC2c3ccccc3-c3ccccc32)B2OC(C)(C)C(C)(C)O2)cc1C. The molecule has 0 bridgehead atoms. The van der Waals surface area contributed by atoms with Crippen molar-refractivity contribution in [2.45, 2.75) is 58.7 Å². The minimum atomic E-state index is -0.574. The summed E-state index contributed by atoms with van der Waals surface area (Å²) in [6.45, 7) is 12.8. The van der Waals surface area contributed by atoms with E-state index < -0.39 is 24.4 Å². The van der Waals surface area contributed by atoms with Gasteiger partial charge >= 0.3 is 13.2 Å². The lowest BCUT2D eigenvalue weighted by atomic mass is 9.77. The molecule has 1 N–H and O–H groups in total. The molecule has 1 aliphatic heterocycles. The van der Waals surface area contributed by atoms with Crippen LogP contribution >= 0.6 is 0 Å². The Morgan fingerprint density at radius 2 is 1.47 bits per heavy atom. The number of hydrogen-bond donors (Lipinski definition) is 1. The Morgan fingerprint density at radius 1 is 0.895 bits per heavy atom. The fourth-order valence-corrected chi connectivity index (χ4v) is 5.09. The molecule has 1 aliphatic carbocycles. The number of carbonyl (C=O) groups is 1. The summed E-state index contributed by atoms with van der Waals surface area (Å²) in [5.41, 5.74) is 8.13.